The van der Waals surface area contributed by atoms with Crippen LogP contribution in [0, 0.1) is 5.92 Å². The van der Waals surface area contributed by atoms with Gasteiger partial charge in [0, 0.05) is 19.6 Å². The monoisotopic (exact) mass is 202 g/mol. The van der Waals surface area contributed by atoms with Crippen LogP contribution in [0.3, 0.4) is 0 Å². The van der Waals surface area contributed by atoms with Gasteiger partial charge in [0.1, 0.15) is 0 Å². The first-order valence-electron chi connectivity index (χ1n) is 6.01. The molecular formula is C13H18N2. The Morgan fingerprint density at radius 3 is 3.00 bits per heavy atom. The van der Waals surface area contributed by atoms with Gasteiger partial charge in [-0.2, -0.15) is 0 Å². The van der Waals surface area contributed by atoms with E-state index in [0.717, 1.165) is 19.0 Å². The molecule has 2 aliphatic rings. The average molecular weight is 202 g/mol. The van der Waals surface area contributed by atoms with Gasteiger partial charge < -0.3 is 10.2 Å². The molecule has 0 spiro atoms. The predicted octanol–water partition coefficient (Wildman–Crippen LogP) is 2.72. The summed E-state index contributed by atoms with van der Waals surface area (Å²) in [6, 6.07) is 8.65. The molecule has 3 rings (SSSR count). The standard InChI is InChI=1S/C13H18N2/c1-2-4-13-12(3-1)14-8-10-15(13)9-7-11-5-6-11/h1-4,11,14H,5-10H2. The van der Waals surface area contributed by atoms with Crippen LogP contribution >= 0.6 is 0 Å². The normalized spacial score (nSPS) is 19.6. The van der Waals surface area contributed by atoms with E-state index < -0.39 is 0 Å². The summed E-state index contributed by atoms with van der Waals surface area (Å²) in [5.41, 5.74) is 2.70. The van der Waals surface area contributed by atoms with Crippen molar-refractivity contribution < 1.29 is 0 Å². The molecule has 1 aromatic rings. The van der Waals surface area contributed by atoms with Crippen LogP contribution in [0.5, 0.6) is 0 Å². The smallest absolute Gasteiger partial charge is 0.0602 e. The molecule has 15 heavy (non-hydrogen) atoms. The molecule has 1 heterocycles. The molecule has 1 fully saturated rings. The van der Waals surface area contributed by atoms with E-state index in [4.69, 9.17) is 0 Å². The van der Waals surface area contributed by atoms with Crippen molar-refractivity contribution in [2.75, 3.05) is 29.9 Å². The van der Waals surface area contributed by atoms with Crippen LogP contribution in [-0.2, 0) is 0 Å². The summed E-state index contributed by atoms with van der Waals surface area (Å²) in [6.45, 7) is 3.48. The zero-order chi connectivity index (χ0) is 10.1. The highest BCUT2D eigenvalue weighted by atomic mass is 15.2. The van der Waals surface area contributed by atoms with E-state index in [9.17, 15) is 0 Å². The maximum atomic E-state index is 3.45. The fraction of sp³-hybridized carbons (Fsp3) is 0.538. The molecule has 1 N–H and O–H groups in total. The van der Waals surface area contributed by atoms with Crippen molar-refractivity contribution in [3.63, 3.8) is 0 Å². The van der Waals surface area contributed by atoms with Gasteiger partial charge in [-0.25, -0.2) is 0 Å². The van der Waals surface area contributed by atoms with Crippen LogP contribution < -0.4 is 10.2 Å². The summed E-state index contributed by atoms with van der Waals surface area (Å²) in [5, 5.41) is 3.45. The lowest BCUT2D eigenvalue weighted by atomic mass is 10.1. The molecule has 0 radical (unpaired) electrons. The highest BCUT2D eigenvalue weighted by Gasteiger charge is 2.23. The average Bonchev–Trinajstić information content (AvgIpc) is 3.10. The van der Waals surface area contributed by atoms with Gasteiger partial charge in [0.05, 0.1) is 11.4 Å². The van der Waals surface area contributed by atoms with Gasteiger partial charge in [-0.1, -0.05) is 25.0 Å². The SMILES string of the molecule is c1ccc2c(c1)NCCN2CCC1CC1. The third-order valence-electron chi connectivity index (χ3n) is 3.45. The summed E-state index contributed by atoms with van der Waals surface area (Å²) >= 11 is 0. The highest BCUT2D eigenvalue weighted by Crippen LogP contribution is 2.34. The Balaban J connectivity index is 1.73. The quantitative estimate of drug-likeness (QED) is 0.810. The van der Waals surface area contributed by atoms with Gasteiger partial charge >= 0.3 is 0 Å². The number of hydrogen-bond donors (Lipinski definition) is 1. The number of rotatable bonds is 3. The Bertz CT molecular complexity index is 344. The minimum atomic E-state index is 1.03. The van der Waals surface area contributed by atoms with Crippen molar-refractivity contribution in [2.24, 2.45) is 5.92 Å². The van der Waals surface area contributed by atoms with Gasteiger partial charge in [-0.05, 0) is 24.5 Å². The molecule has 1 aromatic carbocycles. The molecule has 0 unspecified atom stereocenters. The number of para-hydroxylation sites is 2. The second-order valence-electron chi connectivity index (χ2n) is 4.66. The molecule has 0 bridgehead atoms. The summed E-state index contributed by atoms with van der Waals surface area (Å²) < 4.78 is 0. The van der Waals surface area contributed by atoms with Crippen molar-refractivity contribution in [2.45, 2.75) is 19.3 Å². The maximum absolute atomic E-state index is 3.45. The Kier molecular flexibility index (Phi) is 2.28. The van der Waals surface area contributed by atoms with Crippen molar-refractivity contribution in [1.82, 2.24) is 0 Å². The Labute approximate surface area is 91.3 Å². The molecule has 2 nitrogen and oxygen atoms in total. The predicted molar refractivity (Wildman–Crippen MR) is 64.5 cm³/mol. The zero-order valence-electron chi connectivity index (χ0n) is 9.08. The van der Waals surface area contributed by atoms with E-state index in [1.165, 1.54) is 37.2 Å². The second kappa shape index (κ2) is 3.76. The van der Waals surface area contributed by atoms with Crippen LogP contribution in [0.4, 0.5) is 11.4 Å². The summed E-state index contributed by atoms with van der Waals surface area (Å²) in [4.78, 5) is 2.53. The lowest BCUT2D eigenvalue weighted by Crippen LogP contribution is -2.34. The minimum Gasteiger partial charge on any atom is -0.382 e. The molecular weight excluding hydrogens is 184 g/mol. The largest absolute Gasteiger partial charge is 0.382 e. The van der Waals surface area contributed by atoms with Crippen molar-refractivity contribution in [3.8, 4) is 0 Å². The second-order valence-corrected chi connectivity index (χ2v) is 4.66. The number of anilines is 2. The number of nitrogens with zero attached hydrogens (tertiary/aromatic N) is 1. The topological polar surface area (TPSA) is 15.3 Å². The Morgan fingerprint density at radius 2 is 2.13 bits per heavy atom. The fourth-order valence-electron chi connectivity index (χ4n) is 2.32. The third kappa shape index (κ3) is 1.94. The van der Waals surface area contributed by atoms with Crippen LogP contribution in [0.2, 0.25) is 0 Å². The molecule has 2 heteroatoms. The fourth-order valence-corrected chi connectivity index (χ4v) is 2.32. The van der Waals surface area contributed by atoms with Crippen molar-refractivity contribution >= 4 is 11.4 Å². The molecule has 0 atom stereocenters. The molecule has 1 saturated carbocycles. The lowest BCUT2D eigenvalue weighted by Gasteiger charge is -2.32. The van der Waals surface area contributed by atoms with E-state index in [-0.39, 0.29) is 0 Å². The maximum Gasteiger partial charge on any atom is 0.0602 e. The molecule has 80 valence electrons. The first-order valence-corrected chi connectivity index (χ1v) is 6.01. The first-order chi connectivity index (χ1) is 7.43. The van der Waals surface area contributed by atoms with E-state index in [2.05, 4.69) is 34.5 Å². The zero-order valence-corrected chi connectivity index (χ0v) is 9.08. The highest BCUT2D eigenvalue weighted by molar-refractivity contribution is 5.71. The van der Waals surface area contributed by atoms with Crippen LogP contribution in [0.15, 0.2) is 24.3 Å². The van der Waals surface area contributed by atoms with Crippen molar-refractivity contribution in [3.05, 3.63) is 24.3 Å². The van der Waals surface area contributed by atoms with Crippen molar-refractivity contribution in [1.29, 1.82) is 0 Å². The van der Waals surface area contributed by atoms with E-state index >= 15 is 0 Å². The minimum absolute atomic E-state index is 1.03. The van der Waals surface area contributed by atoms with Gasteiger partial charge in [-0.15, -0.1) is 0 Å². The first kappa shape index (κ1) is 9.08. The molecule has 0 aromatic heterocycles. The van der Waals surface area contributed by atoms with E-state index in [0.29, 0.717) is 0 Å². The molecule has 1 aliphatic carbocycles. The summed E-state index contributed by atoms with van der Waals surface area (Å²) in [6.07, 6.45) is 4.32. The third-order valence-corrected chi connectivity index (χ3v) is 3.45. The van der Waals surface area contributed by atoms with Crippen LogP contribution in [0.25, 0.3) is 0 Å². The summed E-state index contributed by atoms with van der Waals surface area (Å²) in [5.74, 6) is 1.03. The molecule has 0 amide bonds. The van der Waals surface area contributed by atoms with Gasteiger partial charge in [0.2, 0.25) is 0 Å². The number of benzene rings is 1. The number of hydrogen-bond acceptors (Lipinski definition) is 2. The van der Waals surface area contributed by atoms with E-state index in [1.54, 1.807) is 0 Å². The Morgan fingerprint density at radius 1 is 1.27 bits per heavy atom. The van der Waals surface area contributed by atoms with Gasteiger partial charge in [-0.3, -0.25) is 0 Å². The molecule has 1 aliphatic heterocycles. The number of fused-ring (bicyclic) bond motifs is 1. The Hall–Kier alpha value is -1.18. The lowest BCUT2D eigenvalue weighted by molar-refractivity contribution is 0.675. The number of nitrogens with one attached hydrogen (secondary N) is 1. The van der Waals surface area contributed by atoms with Gasteiger partial charge in [0.15, 0.2) is 0 Å². The van der Waals surface area contributed by atoms with Gasteiger partial charge in [0.25, 0.3) is 0 Å². The van der Waals surface area contributed by atoms with Crippen LogP contribution in [-0.4, -0.2) is 19.6 Å². The molecule has 0 saturated heterocycles. The summed E-state index contributed by atoms with van der Waals surface area (Å²) in [7, 11) is 0. The van der Waals surface area contributed by atoms with Crippen LogP contribution in [0.1, 0.15) is 19.3 Å². The van der Waals surface area contributed by atoms with E-state index in [1.807, 2.05) is 0 Å².